The Morgan fingerprint density at radius 3 is 2.53 bits per heavy atom. The van der Waals surface area contributed by atoms with Crippen LogP contribution in [0.4, 0.5) is 5.69 Å². The number of carbonyl (C=O) groups excluding carboxylic acids is 1. The highest BCUT2D eigenvalue weighted by atomic mass is 35.5. The molecule has 0 atom stereocenters. The molecule has 0 bridgehead atoms. The maximum absolute atomic E-state index is 12.1. The van der Waals surface area contributed by atoms with Crippen LogP contribution in [0, 0.1) is 13.8 Å². The van der Waals surface area contributed by atoms with Gasteiger partial charge in [-0.15, -0.1) is 0 Å². The minimum absolute atomic E-state index is 0.243. The molecule has 3 nitrogen and oxygen atoms in total. The van der Waals surface area contributed by atoms with Crippen LogP contribution < -0.4 is 5.32 Å². The number of hydrogen-bond donors (Lipinski definition) is 1. The van der Waals surface area contributed by atoms with Gasteiger partial charge in [0.1, 0.15) is 5.15 Å². The van der Waals surface area contributed by atoms with Gasteiger partial charge in [0.05, 0.1) is 0 Å². The Morgan fingerprint density at radius 1 is 1.16 bits per heavy atom. The van der Waals surface area contributed by atoms with E-state index in [4.69, 9.17) is 23.2 Å². The SMILES string of the molecule is Cc1cc(C(=O)Nc2ccc(C)c(Cl)c2)cc(Cl)n1. The Labute approximate surface area is 121 Å². The topological polar surface area (TPSA) is 42.0 Å². The lowest BCUT2D eigenvalue weighted by Gasteiger charge is -2.07. The molecule has 2 rings (SSSR count). The molecule has 0 aliphatic rings. The number of carbonyl (C=O) groups is 1. The normalized spacial score (nSPS) is 10.3. The first-order valence-electron chi connectivity index (χ1n) is 5.67. The van der Waals surface area contributed by atoms with Crippen LogP contribution in [0.5, 0.6) is 0 Å². The minimum Gasteiger partial charge on any atom is -0.322 e. The van der Waals surface area contributed by atoms with Crippen LogP contribution in [0.3, 0.4) is 0 Å². The maximum atomic E-state index is 12.1. The summed E-state index contributed by atoms with van der Waals surface area (Å²) in [6.07, 6.45) is 0. The van der Waals surface area contributed by atoms with Gasteiger partial charge >= 0.3 is 0 Å². The largest absolute Gasteiger partial charge is 0.322 e. The molecule has 1 amide bonds. The second-order valence-electron chi connectivity index (χ2n) is 4.24. The molecule has 0 radical (unpaired) electrons. The van der Waals surface area contributed by atoms with Crippen LogP contribution in [0.15, 0.2) is 30.3 Å². The van der Waals surface area contributed by atoms with Crippen molar-refractivity contribution < 1.29 is 4.79 Å². The van der Waals surface area contributed by atoms with E-state index in [2.05, 4.69) is 10.3 Å². The van der Waals surface area contributed by atoms with Crippen LogP contribution in [-0.4, -0.2) is 10.9 Å². The van der Waals surface area contributed by atoms with Gasteiger partial charge in [-0.25, -0.2) is 4.98 Å². The Morgan fingerprint density at radius 2 is 1.89 bits per heavy atom. The van der Waals surface area contributed by atoms with Gasteiger partial charge in [-0.3, -0.25) is 4.79 Å². The van der Waals surface area contributed by atoms with Crippen molar-refractivity contribution in [3.05, 3.63) is 57.3 Å². The zero-order valence-electron chi connectivity index (χ0n) is 10.5. The number of hydrogen-bond acceptors (Lipinski definition) is 2. The molecule has 1 heterocycles. The third-order valence-corrected chi connectivity index (χ3v) is 3.21. The smallest absolute Gasteiger partial charge is 0.255 e. The van der Waals surface area contributed by atoms with E-state index in [-0.39, 0.29) is 5.91 Å². The second-order valence-corrected chi connectivity index (χ2v) is 5.03. The van der Waals surface area contributed by atoms with E-state index >= 15 is 0 Å². The Hall–Kier alpha value is -1.58. The highest BCUT2D eigenvalue weighted by Crippen LogP contribution is 2.21. The summed E-state index contributed by atoms with van der Waals surface area (Å²) in [5, 5.41) is 3.68. The highest BCUT2D eigenvalue weighted by molar-refractivity contribution is 6.31. The molecule has 0 saturated heterocycles. The molecule has 0 aliphatic carbocycles. The maximum Gasteiger partial charge on any atom is 0.255 e. The van der Waals surface area contributed by atoms with Gasteiger partial charge in [-0.1, -0.05) is 29.3 Å². The van der Waals surface area contributed by atoms with E-state index in [1.165, 1.54) is 6.07 Å². The van der Waals surface area contributed by atoms with Gasteiger partial charge in [0.25, 0.3) is 5.91 Å². The summed E-state index contributed by atoms with van der Waals surface area (Å²) in [5.41, 5.74) is 2.77. The summed E-state index contributed by atoms with van der Waals surface area (Å²) < 4.78 is 0. The highest BCUT2D eigenvalue weighted by Gasteiger charge is 2.09. The van der Waals surface area contributed by atoms with Crippen molar-refractivity contribution in [3.8, 4) is 0 Å². The number of nitrogens with one attached hydrogen (secondary N) is 1. The monoisotopic (exact) mass is 294 g/mol. The Balaban J connectivity index is 2.22. The van der Waals surface area contributed by atoms with Crippen LogP contribution in [0.25, 0.3) is 0 Å². The first-order chi connectivity index (χ1) is 8.95. The van der Waals surface area contributed by atoms with E-state index in [0.717, 1.165) is 5.56 Å². The Bertz CT molecular complexity index is 621. The summed E-state index contributed by atoms with van der Waals surface area (Å²) in [5.74, 6) is -0.243. The van der Waals surface area contributed by atoms with Crippen LogP contribution in [-0.2, 0) is 0 Å². The zero-order chi connectivity index (χ0) is 14.0. The molecule has 0 unspecified atom stereocenters. The second kappa shape index (κ2) is 5.59. The third kappa shape index (κ3) is 3.46. The van der Waals surface area contributed by atoms with Crippen LogP contribution >= 0.6 is 23.2 Å². The molecule has 2 aromatic rings. The first kappa shape index (κ1) is 13.8. The number of amides is 1. The summed E-state index contributed by atoms with van der Waals surface area (Å²) in [4.78, 5) is 16.1. The molecule has 0 spiro atoms. The average molecular weight is 295 g/mol. The fourth-order valence-electron chi connectivity index (χ4n) is 1.63. The van der Waals surface area contributed by atoms with Crippen molar-refractivity contribution in [2.75, 3.05) is 5.32 Å². The van der Waals surface area contributed by atoms with Crippen LogP contribution in [0.1, 0.15) is 21.6 Å². The number of benzene rings is 1. The number of pyridine rings is 1. The van der Waals surface area contributed by atoms with Crippen molar-refractivity contribution in [2.45, 2.75) is 13.8 Å². The van der Waals surface area contributed by atoms with Crippen molar-refractivity contribution in [2.24, 2.45) is 0 Å². The van der Waals surface area contributed by atoms with Crippen molar-refractivity contribution >= 4 is 34.8 Å². The van der Waals surface area contributed by atoms with E-state index in [1.54, 1.807) is 25.1 Å². The first-order valence-corrected chi connectivity index (χ1v) is 6.43. The molecule has 98 valence electrons. The number of aryl methyl sites for hydroxylation is 2. The van der Waals surface area contributed by atoms with Crippen molar-refractivity contribution in [3.63, 3.8) is 0 Å². The number of halogens is 2. The van der Waals surface area contributed by atoms with Crippen LogP contribution in [0.2, 0.25) is 10.2 Å². The average Bonchev–Trinajstić information content (AvgIpc) is 2.32. The van der Waals surface area contributed by atoms with Gasteiger partial charge < -0.3 is 5.32 Å². The van der Waals surface area contributed by atoms with Gasteiger partial charge in [-0.2, -0.15) is 0 Å². The minimum atomic E-state index is -0.243. The van der Waals surface area contributed by atoms with Gasteiger partial charge in [-0.05, 0) is 43.7 Å². The summed E-state index contributed by atoms with van der Waals surface area (Å²) in [7, 11) is 0. The number of aromatic nitrogens is 1. The van der Waals surface area contributed by atoms with Crippen molar-refractivity contribution in [1.82, 2.24) is 4.98 Å². The lowest BCUT2D eigenvalue weighted by molar-refractivity contribution is 0.102. The molecular weight excluding hydrogens is 283 g/mol. The van der Waals surface area contributed by atoms with Gasteiger partial charge in [0.2, 0.25) is 0 Å². The molecule has 1 N–H and O–H groups in total. The van der Waals surface area contributed by atoms with Crippen molar-refractivity contribution in [1.29, 1.82) is 0 Å². The molecular formula is C14H12Cl2N2O. The standard InChI is InChI=1S/C14H12Cl2N2O/c1-8-3-4-11(7-12(8)15)18-14(19)10-5-9(2)17-13(16)6-10/h3-7H,1-2H3,(H,18,19). The number of nitrogens with zero attached hydrogens (tertiary/aromatic N) is 1. The molecule has 0 aliphatic heterocycles. The third-order valence-electron chi connectivity index (χ3n) is 2.61. The van der Waals surface area contributed by atoms with E-state index in [0.29, 0.717) is 27.1 Å². The Kier molecular flexibility index (Phi) is 4.08. The van der Waals surface area contributed by atoms with Gasteiger partial charge in [0, 0.05) is 22.0 Å². The van der Waals surface area contributed by atoms with Gasteiger partial charge in [0.15, 0.2) is 0 Å². The molecule has 19 heavy (non-hydrogen) atoms. The summed E-state index contributed by atoms with van der Waals surface area (Å²) in [6.45, 7) is 3.69. The summed E-state index contributed by atoms with van der Waals surface area (Å²) in [6, 6.07) is 8.57. The predicted molar refractivity (Wildman–Crippen MR) is 78.1 cm³/mol. The molecule has 0 fully saturated rings. The lowest BCUT2D eigenvalue weighted by atomic mass is 10.2. The fourth-order valence-corrected chi connectivity index (χ4v) is 2.06. The number of anilines is 1. The lowest BCUT2D eigenvalue weighted by Crippen LogP contribution is -2.12. The number of rotatable bonds is 2. The molecule has 0 saturated carbocycles. The fraction of sp³-hybridized carbons (Fsp3) is 0.143. The molecule has 1 aromatic heterocycles. The van der Waals surface area contributed by atoms with E-state index < -0.39 is 0 Å². The van der Waals surface area contributed by atoms with E-state index in [1.807, 2.05) is 13.0 Å². The predicted octanol–water partition coefficient (Wildman–Crippen LogP) is 4.26. The molecule has 1 aromatic carbocycles. The van der Waals surface area contributed by atoms with E-state index in [9.17, 15) is 4.79 Å². The quantitative estimate of drug-likeness (QED) is 0.841. The summed E-state index contributed by atoms with van der Waals surface area (Å²) >= 11 is 11.8. The molecule has 5 heteroatoms. The zero-order valence-corrected chi connectivity index (χ0v) is 12.0.